The van der Waals surface area contributed by atoms with Crippen LogP contribution < -0.4 is 4.90 Å². The highest BCUT2D eigenvalue weighted by Crippen LogP contribution is 2.52. The smallest absolute Gasteiger partial charge is 0.335 e. The van der Waals surface area contributed by atoms with Crippen LogP contribution in [0.15, 0.2) is 60.9 Å². The van der Waals surface area contributed by atoms with E-state index in [9.17, 15) is 14.7 Å². The standard InChI is InChI=1S/C22H15IN2O3/c23-16-3-4-18-19(10-16)25(17-5-7-24-8-6-17)21(28)22(18)11-14-2-1-13(20(26)27)9-15(14)12-22/h1-10H,11-12H2,(H,26,27). The van der Waals surface area contributed by atoms with Crippen molar-refractivity contribution < 1.29 is 14.7 Å². The highest BCUT2D eigenvalue weighted by Gasteiger charge is 2.54. The van der Waals surface area contributed by atoms with Gasteiger partial charge in [-0.15, -0.1) is 0 Å². The third kappa shape index (κ3) is 2.40. The Kier molecular flexibility index (Phi) is 3.80. The first-order valence-electron chi connectivity index (χ1n) is 8.89. The zero-order chi connectivity index (χ0) is 19.5. The Morgan fingerprint density at radius 3 is 2.54 bits per heavy atom. The van der Waals surface area contributed by atoms with Crippen LogP contribution in [0.5, 0.6) is 0 Å². The van der Waals surface area contributed by atoms with Gasteiger partial charge in [0.15, 0.2) is 0 Å². The van der Waals surface area contributed by atoms with Gasteiger partial charge in [0.05, 0.1) is 22.4 Å². The fourth-order valence-electron chi connectivity index (χ4n) is 4.43. The van der Waals surface area contributed by atoms with Crippen LogP contribution in [0.3, 0.4) is 0 Å². The summed E-state index contributed by atoms with van der Waals surface area (Å²) in [4.78, 5) is 31.0. The summed E-state index contributed by atoms with van der Waals surface area (Å²) in [5.74, 6) is -0.918. The molecule has 0 radical (unpaired) electrons. The van der Waals surface area contributed by atoms with E-state index in [4.69, 9.17) is 0 Å². The molecule has 0 fully saturated rings. The molecule has 0 bridgehead atoms. The average molecular weight is 482 g/mol. The molecule has 6 heteroatoms. The molecule has 0 saturated carbocycles. The van der Waals surface area contributed by atoms with E-state index in [1.165, 1.54) is 0 Å². The Morgan fingerprint density at radius 2 is 1.79 bits per heavy atom. The summed E-state index contributed by atoms with van der Waals surface area (Å²) in [7, 11) is 0. The number of benzene rings is 2. The highest BCUT2D eigenvalue weighted by atomic mass is 127. The van der Waals surface area contributed by atoms with Gasteiger partial charge in [-0.1, -0.05) is 12.1 Å². The topological polar surface area (TPSA) is 70.5 Å². The van der Waals surface area contributed by atoms with Crippen LogP contribution in [0, 0.1) is 3.57 Å². The van der Waals surface area contributed by atoms with Crippen LogP contribution in [-0.4, -0.2) is 22.0 Å². The largest absolute Gasteiger partial charge is 0.478 e. The van der Waals surface area contributed by atoms with Crippen LogP contribution in [0.25, 0.3) is 0 Å². The lowest BCUT2D eigenvalue weighted by atomic mass is 9.79. The number of carboxylic acid groups (broad SMARTS) is 1. The molecule has 1 spiro atoms. The third-order valence-electron chi connectivity index (χ3n) is 5.69. The van der Waals surface area contributed by atoms with E-state index in [1.54, 1.807) is 29.4 Å². The van der Waals surface area contributed by atoms with Gasteiger partial charge in [-0.25, -0.2) is 4.79 Å². The van der Waals surface area contributed by atoms with Gasteiger partial charge in [-0.2, -0.15) is 0 Å². The molecular weight excluding hydrogens is 467 g/mol. The van der Waals surface area contributed by atoms with E-state index in [2.05, 4.69) is 27.6 Å². The Bertz CT molecular complexity index is 1150. The van der Waals surface area contributed by atoms with Crippen molar-refractivity contribution in [2.24, 2.45) is 0 Å². The van der Waals surface area contributed by atoms with Crippen LogP contribution in [0.4, 0.5) is 11.4 Å². The van der Waals surface area contributed by atoms with Gasteiger partial charge in [0.25, 0.3) is 0 Å². The van der Waals surface area contributed by atoms with E-state index in [-0.39, 0.29) is 11.5 Å². The number of rotatable bonds is 2. The van der Waals surface area contributed by atoms with Crippen LogP contribution >= 0.6 is 22.6 Å². The van der Waals surface area contributed by atoms with Crippen molar-refractivity contribution in [2.75, 3.05) is 4.90 Å². The fraction of sp³-hybridized carbons (Fsp3) is 0.136. The summed E-state index contributed by atoms with van der Waals surface area (Å²) in [6.07, 6.45) is 4.46. The molecule has 2 aliphatic rings. The monoisotopic (exact) mass is 482 g/mol. The van der Waals surface area contributed by atoms with Crippen molar-refractivity contribution in [3.05, 3.63) is 86.7 Å². The van der Waals surface area contributed by atoms with Gasteiger partial charge < -0.3 is 5.11 Å². The highest BCUT2D eigenvalue weighted by molar-refractivity contribution is 14.1. The van der Waals surface area contributed by atoms with Gasteiger partial charge in [0.2, 0.25) is 5.91 Å². The number of anilines is 2. The Labute approximate surface area is 175 Å². The lowest BCUT2D eigenvalue weighted by Gasteiger charge is -2.23. The van der Waals surface area contributed by atoms with E-state index >= 15 is 0 Å². The number of carboxylic acids is 1. The van der Waals surface area contributed by atoms with E-state index in [0.717, 1.165) is 31.6 Å². The second-order valence-electron chi connectivity index (χ2n) is 7.23. The number of carbonyl (C=O) groups excluding carboxylic acids is 1. The molecule has 1 atom stereocenters. The number of nitrogens with zero attached hydrogens (tertiary/aromatic N) is 2. The Morgan fingerprint density at radius 1 is 1.04 bits per heavy atom. The molecule has 1 aromatic heterocycles. The van der Waals surface area contributed by atoms with Gasteiger partial charge in [-0.05, 0) is 88.5 Å². The van der Waals surface area contributed by atoms with Crippen molar-refractivity contribution >= 4 is 45.8 Å². The van der Waals surface area contributed by atoms with Gasteiger partial charge >= 0.3 is 5.97 Å². The Balaban J connectivity index is 1.67. The zero-order valence-electron chi connectivity index (χ0n) is 14.7. The number of hydrogen-bond acceptors (Lipinski definition) is 3. The summed E-state index contributed by atoms with van der Waals surface area (Å²) in [6, 6.07) is 15.0. The predicted octanol–water partition coefficient (Wildman–Crippen LogP) is 4.10. The van der Waals surface area contributed by atoms with Gasteiger partial charge in [0, 0.05) is 16.0 Å². The number of hydrogen-bond donors (Lipinski definition) is 1. The fourth-order valence-corrected chi connectivity index (χ4v) is 4.91. The molecule has 0 saturated heterocycles. The van der Waals surface area contributed by atoms with Crippen molar-refractivity contribution in [1.82, 2.24) is 4.98 Å². The number of carbonyl (C=O) groups is 2. The van der Waals surface area contributed by atoms with Crippen LogP contribution in [0.2, 0.25) is 0 Å². The van der Waals surface area contributed by atoms with Crippen molar-refractivity contribution in [3.8, 4) is 0 Å². The molecule has 138 valence electrons. The van der Waals surface area contributed by atoms with Crippen LogP contribution in [0.1, 0.15) is 27.0 Å². The molecule has 1 unspecified atom stereocenters. The summed E-state index contributed by atoms with van der Waals surface area (Å²) >= 11 is 2.26. The minimum atomic E-state index is -0.949. The molecule has 1 aliphatic carbocycles. The quantitative estimate of drug-likeness (QED) is 0.559. The number of fused-ring (bicyclic) bond motifs is 3. The molecule has 1 aliphatic heterocycles. The second kappa shape index (κ2) is 6.13. The third-order valence-corrected chi connectivity index (χ3v) is 6.36. The molecular formula is C22H15IN2O3. The molecule has 1 amide bonds. The number of pyridine rings is 1. The molecule has 2 heterocycles. The maximum atomic E-state index is 13.8. The molecule has 5 nitrogen and oxygen atoms in total. The predicted molar refractivity (Wildman–Crippen MR) is 113 cm³/mol. The zero-order valence-corrected chi connectivity index (χ0v) is 16.9. The number of aromatic carboxylic acids is 1. The minimum Gasteiger partial charge on any atom is -0.478 e. The molecule has 1 N–H and O–H groups in total. The first-order valence-corrected chi connectivity index (χ1v) is 9.97. The summed E-state index contributed by atoms with van der Waals surface area (Å²) < 4.78 is 1.06. The van der Waals surface area contributed by atoms with Crippen molar-refractivity contribution in [3.63, 3.8) is 0 Å². The second-order valence-corrected chi connectivity index (χ2v) is 8.48. The summed E-state index contributed by atoms with van der Waals surface area (Å²) in [5, 5.41) is 9.32. The molecule has 5 rings (SSSR count). The van der Waals surface area contributed by atoms with E-state index < -0.39 is 11.4 Å². The number of aromatic nitrogens is 1. The average Bonchev–Trinajstić information content (AvgIpc) is 3.18. The number of amides is 1. The normalized spacial score (nSPS) is 19.8. The van der Waals surface area contributed by atoms with Gasteiger partial charge in [0.1, 0.15) is 0 Å². The SMILES string of the molecule is O=C(O)c1ccc2c(c1)CC1(C2)C(=O)N(c2ccncc2)c2cc(I)ccc21. The Hall–Kier alpha value is -2.74. The lowest BCUT2D eigenvalue weighted by Crippen LogP contribution is -2.39. The molecule has 2 aromatic carbocycles. The van der Waals surface area contributed by atoms with E-state index in [1.807, 2.05) is 36.4 Å². The first kappa shape index (κ1) is 17.4. The van der Waals surface area contributed by atoms with Crippen molar-refractivity contribution in [1.29, 1.82) is 0 Å². The van der Waals surface area contributed by atoms with Crippen LogP contribution in [-0.2, 0) is 23.1 Å². The minimum absolute atomic E-state index is 0.0313. The lowest BCUT2D eigenvalue weighted by molar-refractivity contribution is -0.122. The van der Waals surface area contributed by atoms with Crippen molar-refractivity contribution in [2.45, 2.75) is 18.3 Å². The van der Waals surface area contributed by atoms with Gasteiger partial charge in [-0.3, -0.25) is 14.7 Å². The van der Waals surface area contributed by atoms with E-state index in [0.29, 0.717) is 12.8 Å². The first-order chi connectivity index (χ1) is 13.5. The molecule has 28 heavy (non-hydrogen) atoms. The summed E-state index contributed by atoms with van der Waals surface area (Å²) in [5.41, 5.74) is 4.24. The maximum absolute atomic E-state index is 13.8. The molecule has 3 aromatic rings. The summed E-state index contributed by atoms with van der Waals surface area (Å²) in [6.45, 7) is 0. The maximum Gasteiger partial charge on any atom is 0.335 e. The number of halogens is 1.